The zero-order valence-corrected chi connectivity index (χ0v) is 13.5. The number of benzene rings is 1. The Labute approximate surface area is 135 Å². The normalized spacial score (nSPS) is 17.6. The fraction of sp³-hybridized carbons (Fsp3) is 0.444. The Hall–Kier alpha value is -2.14. The van der Waals surface area contributed by atoms with E-state index in [0.29, 0.717) is 23.4 Å². The second kappa shape index (κ2) is 6.96. The number of rotatable bonds is 6. The summed E-state index contributed by atoms with van der Waals surface area (Å²) in [6.45, 7) is 5.18. The molecule has 0 N–H and O–H groups in total. The first-order valence-electron chi connectivity index (χ1n) is 7.96. The first-order chi connectivity index (χ1) is 11.2. The van der Waals surface area contributed by atoms with Crippen LogP contribution in [0.4, 0.5) is 0 Å². The highest BCUT2D eigenvalue weighted by atomic mass is 16.5. The standard InChI is InChI=1S/C18H21NO4/c1-12(2)23-18-9-15-16(8-13(18)10-20)19-6-5-17(15)22-11-14-4-3-7-21-14/h5-6,8-10,12,14H,3-4,7,11H2,1-2H3. The molecule has 1 saturated heterocycles. The molecule has 0 amide bonds. The van der Waals surface area contributed by atoms with Crippen LogP contribution in [-0.2, 0) is 4.74 Å². The summed E-state index contributed by atoms with van der Waals surface area (Å²) < 4.78 is 17.3. The number of carbonyl (C=O) groups excluding carboxylic acids is 1. The van der Waals surface area contributed by atoms with E-state index in [0.717, 1.165) is 36.9 Å². The van der Waals surface area contributed by atoms with E-state index in [1.807, 2.05) is 26.0 Å². The number of ether oxygens (including phenoxy) is 3. The quantitative estimate of drug-likeness (QED) is 0.765. The molecule has 0 aliphatic carbocycles. The van der Waals surface area contributed by atoms with Gasteiger partial charge in [-0.25, -0.2) is 0 Å². The van der Waals surface area contributed by atoms with Crippen molar-refractivity contribution >= 4 is 17.2 Å². The Balaban J connectivity index is 1.92. The molecule has 1 fully saturated rings. The highest BCUT2D eigenvalue weighted by molar-refractivity contribution is 5.93. The lowest BCUT2D eigenvalue weighted by atomic mass is 10.1. The highest BCUT2D eigenvalue weighted by Crippen LogP contribution is 2.31. The van der Waals surface area contributed by atoms with Crippen LogP contribution in [0.2, 0.25) is 0 Å². The van der Waals surface area contributed by atoms with Gasteiger partial charge in [-0.2, -0.15) is 0 Å². The van der Waals surface area contributed by atoms with Crippen LogP contribution in [0, 0.1) is 0 Å². The van der Waals surface area contributed by atoms with E-state index >= 15 is 0 Å². The Morgan fingerprint density at radius 1 is 1.39 bits per heavy atom. The van der Waals surface area contributed by atoms with Gasteiger partial charge in [-0.1, -0.05) is 0 Å². The van der Waals surface area contributed by atoms with Crippen molar-refractivity contribution in [1.29, 1.82) is 0 Å². The first-order valence-corrected chi connectivity index (χ1v) is 7.96. The van der Waals surface area contributed by atoms with Crippen molar-refractivity contribution in [1.82, 2.24) is 4.98 Å². The summed E-state index contributed by atoms with van der Waals surface area (Å²) in [6, 6.07) is 5.40. The number of aromatic nitrogens is 1. The molecule has 2 aromatic rings. The van der Waals surface area contributed by atoms with Crippen molar-refractivity contribution in [2.45, 2.75) is 38.9 Å². The molecule has 0 radical (unpaired) electrons. The Morgan fingerprint density at radius 2 is 2.26 bits per heavy atom. The molecule has 1 aliphatic rings. The van der Waals surface area contributed by atoms with Gasteiger partial charge in [-0.15, -0.1) is 0 Å². The predicted molar refractivity (Wildman–Crippen MR) is 87.4 cm³/mol. The minimum absolute atomic E-state index is 0.0147. The summed E-state index contributed by atoms with van der Waals surface area (Å²) in [5.41, 5.74) is 1.21. The van der Waals surface area contributed by atoms with Crippen LogP contribution >= 0.6 is 0 Å². The summed E-state index contributed by atoms with van der Waals surface area (Å²) in [5.74, 6) is 1.29. The molecule has 5 nitrogen and oxygen atoms in total. The SMILES string of the molecule is CC(C)Oc1cc2c(OCC3CCCO3)ccnc2cc1C=O. The van der Waals surface area contributed by atoms with Crippen molar-refractivity contribution in [3.8, 4) is 11.5 Å². The number of hydrogen-bond donors (Lipinski definition) is 0. The number of aldehydes is 1. The number of fused-ring (bicyclic) bond motifs is 1. The van der Waals surface area contributed by atoms with E-state index in [4.69, 9.17) is 14.2 Å². The Bertz CT molecular complexity index is 693. The van der Waals surface area contributed by atoms with Crippen LogP contribution < -0.4 is 9.47 Å². The largest absolute Gasteiger partial charge is 0.490 e. The minimum Gasteiger partial charge on any atom is -0.490 e. The van der Waals surface area contributed by atoms with E-state index in [9.17, 15) is 4.79 Å². The topological polar surface area (TPSA) is 57.6 Å². The summed E-state index contributed by atoms with van der Waals surface area (Å²) in [5, 5.41) is 0.840. The molecule has 1 aromatic heterocycles. The molecule has 1 atom stereocenters. The molecule has 1 aliphatic heterocycles. The lowest BCUT2D eigenvalue weighted by Gasteiger charge is -2.15. The van der Waals surface area contributed by atoms with Crippen LogP contribution in [0.25, 0.3) is 10.9 Å². The van der Waals surface area contributed by atoms with Crippen LogP contribution in [-0.4, -0.2) is 36.7 Å². The third-order valence-electron chi connectivity index (χ3n) is 3.77. The van der Waals surface area contributed by atoms with Gasteiger partial charge in [-0.3, -0.25) is 9.78 Å². The smallest absolute Gasteiger partial charge is 0.153 e. The van der Waals surface area contributed by atoms with E-state index in [2.05, 4.69) is 4.98 Å². The molecule has 3 rings (SSSR count). The van der Waals surface area contributed by atoms with E-state index in [1.54, 1.807) is 12.3 Å². The van der Waals surface area contributed by atoms with Gasteiger partial charge in [-0.05, 0) is 44.9 Å². The van der Waals surface area contributed by atoms with Crippen LogP contribution in [0.1, 0.15) is 37.0 Å². The molecule has 1 aromatic carbocycles. The molecule has 122 valence electrons. The molecule has 1 unspecified atom stereocenters. The van der Waals surface area contributed by atoms with Gasteiger partial charge in [0.15, 0.2) is 6.29 Å². The molecule has 23 heavy (non-hydrogen) atoms. The molecular formula is C18H21NO4. The van der Waals surface area contributed by atoms with Crippen molar-refractivity contribution in [2.24, 2.45) is 0 Å². The van der Waals surface area contributed by atoms with Crippen LogP contribution in [0.15, 0.2) is 24.4 Å². The second-order valence-electron chi connectivity index (χ2n) is 5.95. The Morgan fingerprint density at radius 3 is 2.96 bits per heavy atom. The molecule has 2 heterocycles. The van der Waals surface area contributed by atoms with Crippen LogP contribution in [0.5, 0.6) is 11.5 Å². The van der Waals surface area contributed by atoms with Crippen molar-refractivity contribution < 1.29 is 19.0 Å². The van der Waals surface area contributed by atoms with Gasteiger partial charge < -0.3 is 14.2 Å². The fourth-order valence-corrected chi connectivity index (χ4v) is 2.70. The van der Waals surface area contributed by atoms with Crippen LogP contribution in [0.3, 0.4) is 0 Å². The summed E-state index contributed by atoms with van der Waals surface area (Å²) in [4.78, 5) is 15.6. The van der Waals surface area contributed by atoms with Crippen molar-refractivity contribution in [2.75, 3.05) is 13.2 Å². The Kier molecular flexibility index (Phi) is 4.76. The van der Waals surface area contributed by atoms with Gasteiger partial charge in [0.25, 0.3) is 0 Å². The van der Waals surface area contributed by atoms with Gasteiger partial charge in [0, 0.05) is 18.2 Å². The third-order valence-corrected chi connectivity index (χ3v) is 3.77. The zero-order valence-electron chi connectivity index (χ0n) is 13.5. The number of pyridine rings is 1. The summed E-state index contributed by atoms with van der Waals surface area (Å²) >= 11 is 0. The lowest BCUT2D eigenvalue weighted by Crippen LogP contribution is -2.16. The number of nitrogens with zero attached hydrogens (tertiary/aromatic N) is 1. The number of carbonyl (C=O) groups is 1. The van der Waals surface area contributed by atoms with Crippen molar-refractivity contribution in [3.63, 3.8) is 0 Å². The van der Waals surface area contributed by atoms with E-state index < -0.39 is 0 Å². The van der Waals surface area contributed by atoms with E-state index in [-0.39, 0.29) is 12.2 Å². The zero-order chi connectivity index (χ0) is 16.2. The maximum Gasteiger partial charge on any atom is 0.153 e. The van der Waals surface area contributed by atoms with E-state index in [1.165, 1.54) is 0 Å². The van der Waals surface area contributed by atoms with Crippen molar-refractivity contribution in [3.05, 3.63) is 30.0 Å². The average Bonchev–Trinajstić information content (AvgIpc) is 3.05. The maximum atomic E-state index is 11.3. The first kappa shape index (κ1) is 15.7. The predicted octanol–water partition coefficient (Wildman–Crippen LogP) is 3.39. The second-order valence-corrected chi connectivity index (χ2v) is 5.95. The molecule has 0 bridgehead atoms. The van der Waals surface area contributed by atoms with Gasteiger partial charge in [0.2, 0.25) is 0 Å². The van der Waals surface area contributed by atoms with Gasteiger partial charge in [0.05, 0.1) is 23.3 Å². The summed E-state index contributed by atoms with van der Waals surface area (Å²) in [6.07, 6.45) is 4.72. The average molecular weight is 315 g/mol. The monoisotopic (exact) mass is 315 g/mol. The molecule has 0 saturated carbocycles. The molecule has 5 heteroatoms. The summed E-state index contributed by atoms with van der Waals surface area (Å²) in [7, 11) is 0. The third kappa shape index (κ3) is 3.62. The van der Waals surface area contributed by atoms with Gasteiger partial charge >= 0.3 is 0 Å². The van der Waals surface area contributed by atoms with Gasteiger partial charge in [0.1, 0.15) is 18.1 Å². The minimum atomic E-state index is -0.0147. The lowest BCUT2D eigenvalue weighted by molar-refractivity contribution is 0.0684. The molecular weight excluding hydrogens is 294 g/mol. The highest BCUT2D eigenvalue weighted by Gasteiger charge is 2.17. The maximum absolute atomic E-state index is 11.3. The number of hydrogen-bond acceptors (Lipinski definition) is 5. The molecule has 0 spiro atoms. The fourth-order valence-electron chi connectivity index (χ4n) is 2.70.